The molecule has 6 heterocycles. The van der Waals surface area contributed by atoms with Crippen LogP contribution < -0.4 is 0 Å². The van der Waals surface area contributed by atoms with Crippen LogP contribution >= 0.6 is 0 Å². The average molecular weight is 1300 g/mol. The molecule has 28 nitrogen and oxygen atoms in total. The predicted molar refractivity (Wildman–Crippen MR) is 305 cm³/mol. The molecule has 0 amide bonds. The van der Waals surface area contributed by atoms with E-state index in [9.17, 15) is 81.4 Å². The van der Waals surface area contributed by atoms with Crippen molar-refractivity contribution in [3.8, 4) is 0 Å². The Labute approximate surface area is 524 Å². The molecule has 0 bridgehead atoms. The van der Waals surface area contributed by atoms with Crippen molar-refractivity contribution in [2.75, 3.05) is 6.61 Å². The van der Waals surface area contributed by atoms with E-state index in [2.05, 4.69) is 19.9 Å². The molecule has 6 unspecified atom stereocenters. The molecule has 15 N–H and O–H groups in total. The number of hydrogen-bond donors (Lipinski definition) is 15. The van der Waals surface area contributed by atoms with Crippen LogP contribution in [0.2, 0.25) is 0 Å². The zero-order valence-corrected chi connectivity index (χ0v) is 52.9. The van der Waals surface area contributed by atoms with Gasteiger partial charge in [0.1, 0.15) is 116 Å². The minimum absolute atomic E-state index is 0.0253. The van der Waals surface area contributed by atoms with Crippen molar-refractivity contribution in [3.63, 3.8) is 0 Å². The van der Waals surface area contributed by atoms with Crippen molar-refractivity contribution in [1.82, 2.24) is 0 Å². The number of carbonyl (C=O) groups is 1. The molecule has 9 fully saturated rings. The zero-order valence-electron chi connectivity index (χ0n) is 52.9. The molecule has 0 radical (unpaired) electrons. The Morgan fingerprint density at radius 2 is 0.978 bits per heavy atom. The molecule has 10 rings (SSSR count). The van der Waals surface area contributed by atoms with Gasteiger partial charge >= 0.3 is 0 Å². The minimum atomic E-state index is -1.96. The molecule has 6 aliphatic heterocycles. The van der Waals surface area contributed by atoms with Gasteiger partial charge in [0.05, 0.1) is 54.9 Å². The Kier molecular flexibility index (Phi) is 21.9. The number of hydrogen-bond acceptors (Lipinski definition) is 28. The third kappa shape index (κ3) is 13.6. The van der Waals surface area contributed by atoms with Crippen LogP contribution in [-0.2, 0) is 61.6 Å². The summed E-state index contributed by atoms with van der Waals surface area (Å²) in [6.07, 6.45) is -41.5. The van der Waals surface area contributed by atoms with E-state index in [4.69, 9.17) is 56.8 Å². The van der Waals surface area contributed by atoms with Gasteiger partial charge in [-0.15, -0.1) is 0 Å². The summed E-state index contributed by atoms with van der Waals surface area (Å²) in [6.45, 7) is 16.7. The lowest BCUT2D eigenvalue weighted by Gasteiger charge is -2.60. The van der Waals surface area contributed by atoms with Crippen LogP contribution in [0.3, 0.4) is 0 Å². The molecule has 0 spiro atoms. The van der Waals surface area contributed by atoms with E-state index >= 15 is 0 Å². The molecule has 90 heavy (non-hydrogen) atoms. The summed E-state index contributed by atoms with van der Waals surface area (Å²) in [6, 6.07) is 0. The van der Waals surface area contributed by atoms with Gasteiger partial charge in [-0.3, -0.25) is 4.79 Å². The first kappa shape index (κ1) is 71.1. The summed E-state index contributed by atoms with van der Waals surface area (Å²) in [7, 11) is 0. The molecule has 28 heteroatoms. The zero-order chi connectivity index (χ0) is 65.7. The summed E-state index contributed by atoms with van der Waals surface area (Å²) in [5.74, 6) is -0.153. The topological polar surface area (TPSA) is 431 Å². The molecule has 3 saturated carbocycles. The average Bonchev–Trinajstić information content (AvgIpc) is 1.40. The van der Waals surface area contributed by atoms with Gasteiger partial charge in [-0.25, -0.2) is 0 Å². The van der Waals surface area contributed by atoms with Gasteiger partial charge in [-0.05, 0) is 127 Å². The van der Waals surface area contributed by atoms with Crippen molar-refractivity contribution in [2.45, 2.75) is 323 Å². The maximum absolute atomic E-state index is 13.2. The highest BCUT2D eigenvalue weighted by Crippen LogP contribution is 2.67. The molecule has 38 atom stereocenters. The van der Waals surface area contributed by atoms with E-state index in [1.54, 1.807) is 13.8 Å². The summed E-state index contributed by atoms with van der Waals surface area (Å²) in [5.41, 5.74) is -0.753. The second kappa shape index (κ2) is 27.7. The highest BCUT2D eigenvalue weighted by atomic mass is 16.8. The van der Waals surface area contributed by atoms with E-state index in [1.807, 2.05) is 13.8 Å². The number of allylic oxidation sites excluding steroid dienone is 2. The van der Waals surface area contributed by atoms with Crippen molar-refractivity contribution in [2.24, 2.45) is 40.4 Å². The van der Waals surface area contributed by atoms with Gasteiger partial charge in [0.25, 0.3) is 0 Å². The lowest BCUT2D eigenvalue weighted by atomic mass is 9.47. The van der Waals surface area contributed by atoms with Crippen LogP contribution in [0.5, 0.6) is 0 Å². The molecule has 0 aromatic rings. The second-order valence-corrected chi connectivity index (χ2v) is 29.0. The summed E-state index contributed by atoms with van der Waals surface area (Å²) in [5, 5.41) is 170. The van der Waals surface area contributed by atoms with E-state index in [0.717, 1.165) is 12.8 Å². The van der Waals surface area contributed by atoms with Gasteiger partial charge in [-0.2, -0.15) is 0 Å². The fourth-order valence-electron chi connectivity index (χ4n) is 16.9. The molecule has 6 saturated heterocycles. The largest absolute Gasteiger partial charge is 0.393 e. The van der Waals surface area contributed by atoms with Crippen LogP contribution in [-0.4, -0.2) is 285 Å². The van der Waals surface area contributed by atoms with Crippen LogP contribution in [0, 0.1) is 40.4 Å². The Hall–Kier alpha value is -1.67. The van der Waals surface area contributed by atoms with Gasteiger partial charge in [0, 0.05) is 12.8 Å². The van der Waals surface area contributed by atoms with E-state index in [-0.39, 0.29) is 47.2 Å². The Balaban J connectivity index is 0.880. The van der Waals surface area contributed by atoms with E-state index < -0.39 is 208 Å². The van der Waals surface area contributed by atoms with Crippen LogP contribution in [0.25, 0.3) is 0 Å². The van der Waals surface area contributed by atoms with Gasteiger partial charge in [-0.1, -0.05) is 39.3 Å². The molecule has 518 valence electrons. The van der Waals surface area contributed by atoms with Gasteiger partial charge in [0.15, 0.2) is 37.7 Å². The van der Waals surface area contributed by atoms with E-state index in [1.165, 1.54) is 33.3 Å². The smallest absolute Gasteiger partial charge is 0.187 e. The fourth-order valence-corrected chi connectivity index (χ4v) is 16.9. The maximum atomic E-state index is 13.2. The number of carbonyl (C=O) groups excluding carboxylic acids is 1. The monoisotopic (exact) mass is 1290 g/mol. The fraction of sp³-hybridized carbons (Fsp3) is 0.952. The number of ether oxygens (including phenoxy) is 12. The van der Waals surface area contributed by atoms with E-state index in [0.29, 0.717) is 38.5 Å². The number of ketones is 1. The summed E-state index contributed by atoms with van der Waals surface area (Å²) >= 11 is 0. The van der Waals surface area contributed by atoms with Crippen molar-refractivity contribution < 1.29 is 138 Å². The Bertz CT molecular complexity index is 2440. The van der Waals surface area contributed by atoms with Crippen molar-refractivity contribution >= 4 is 5.78 Å². The summed E-state index contributed by atoms with van der Waals surface area (Å²) < 4.78 is 73.6. The number of fused-ring (bicyclic) bond motifs is 5. The molecule has 4 aliphatic carbocycles. The van der Waals surface area contributed by atoms with Gasteiger partial charge in [0.2, 0.25) is 0 Å². The van der Waals surface area contributed by atoms with Crippen molar-refractivity contribution in [3.05, 3.63) is 11.6 Å². The van der Waals surface area contributed by atoms with Crippen molar-refractivity contribution in [1.29, 1.82) is 0 Å². The standard InChI is InChI=1S/C62H102O28/c1-22(2)17-29(64)20-62(10,78)36-12-11-31-30-19-34(33-18-28(63)13-15-60(33,8)32(30)14-16-61(31,36)9)85-56-48(76)51(41(69)26(6)82-56)88-58-52(89-55-47(75)44(72)38(66)24(4)81-55)42(70)35(21-79-58)86-59-53(45(73)39(67)25(5)84-59)90-57-49(77)50(40(68)27(7)83-57)87-54-46(74)43(71)37(65)23(3)80-54/h14,22-28,30-31,33-59,63,65-78H,11-13,15-21H2,1-10H3/t23-,24-,25-,26-,27-,28+,30+,31+,33-,34+,35-,36+,37+,38-,39-,40+,41-,42+,43+,44+,45+,46-,47-,48-,49-,50+,51+,52-,53-,54?,55?,56?,57?,58?,59?,60-,61+,62-/m1/s1. The third-order valence-electron chi connectivity index (χ3n) is 22.1. The number of aliphatic hydroxyl groups excluding tert-OH is 14. The molecule has 0 aromatic carbocycles. The first-order valence-electron chi connectivity index (χ1n) is 32.5. The summed E-state index contributed by atoms with van der Waals surface area (Å²) in [4.78, 5) is 13.2. The normalized spacial score (nSPS) is 54.1. The number of Topliss-reactive ketones (excluding diaryl/α,β-unsaturated/α-hetero) is 1. The molecule has 10 aliphatic rings. The molecular weight excluding hydrogens is 1190 g/mol. The number of rotatable bonds is 17. The van der Waals surface area contributed by atoms with Crippen LogP contribution in [0.4, 0.5) is 0 Å². The first-order valence-corrected chi connectivity index (χ1v) is 32.5. The SMILES string of the molecule is CC(C)CC(=O)C[C@@](C)(O)[C@H]1CC[C@H]2[C@@H]3C[C@H](OC4O[C@H](C)[C@@H](O)[C@H](OC5OC[C@@H](OC6O[C@H](C)[C@@H](O)[C@H](O)[C@H]6OC6O[C@H](C)[C@H](O)[C@H](OC7O[C@H](C)[C@H](O)[C@H](O)[C@H]7O)[C@H]6O)[C@H](O)[C@H]5OC5O[C@H](C)[C@@H](O)[C@H](O)[C@H]5O)[C@H]4O)[C@H]4C[C@@H](O)CC[C@]4(C)C3=CC[C@@]21C. The Morgan fingerprint density at radius 3 is 1.52 bits per heavy atom. The Morgan fingerprint density at radius 1 is 0.522 bits per heavy atom. The van der Waals surface area contributed by atoms with Crippen LogP contribution in [0.1, 0.15) is 127 Å². The van der Waals surface area contributed by atoms with Gasteiger partial charge < -0.3 is 133 Å². The highest BCUT2D eigenvalue weighted by Gasteiger charge is 2.64. The first-order chi connectivity index (χ1) is 42.2. The minimum Gasteiger partial charge on any atom is -0.393 e. The molecular formula is C62H102O28. The van der Waals surface area contributed by atoms with Crippen LogP contribution in [0.15, 0.2) is 11.6 Å². The lowest BCUT2D eigenvalue weighted by molar-refractivity contribution is -0.401. The second-order valence-electron chi connectivity index (χ2n) is 29.0. The highest BCUT2D eigenvalue weighted by molar-refractivity contribution is 5.79. The lowest BCUT2D eigenvalue weighted by Crippen LogP contribution is -2.67. The maximum Gasteiger partial charge on any atom is 0.187 e. The predicted octanol–water partition coefficient (Wildman–Crippen LogP) is -2.62. The molecule has 0 aromatic heterocycles. The number of aliphatic hydroxyl groups is 15. The quantitative estimate of drug-likeness (QED) is 0.0663. The third-order valence-corrected chi connectivity index (χ3v) is 22.1.